The summed E-state index contributed by atoms with van der Waals surface area (Å²) in [5.41, 5.74) is 2.14. The highest BCUT2D eigenvalue weighted by atomic mass is 35.5. The fourth-order valence-corrected chi connectivity index (χ4v) is 2.34. The Morgan fingerprint density at radius 1 is 0.955 bits per heavy atom. The van der Waals surface area contributed by atoms with E-state index in [9.17, 15) is 9.59 Å². The van der Waals surface area contributed by atoms with Gasteiger partial charge >= 0.3 is 0 Å². The average Bonchev–Trinajstić information content (AvgIpc) is 2.48. The summed E-state index contributed by atoms with van der Waals surface area (Å²) in [6, 6.07) is 11.9. The van der Waals surface area contributed by atoms with Crippen LogP contribution in [0.3, 0.4) is 0 Å². The Labute approximate surface area is 139 Å². The molecular weight excluding hydrogens is 321 g/mol. The van der Waals surface area contributed by atoms with Crippen molar-refractivity contribution in [1.82, 2.24) is 0 Å². The number of Topliss-reactive ketones (excluding diaryl/α,β-unsaturated/α-hetero) is 1. The zero-order chi connectivity index (χ0) is 16.1. The lowest BCUT2D eigenvalue weighted by atomic mass is 10.1. The van der Waals surface area contributed by atoms with Crippen LogP contribution in [-0.4, -0.2) is 11.7 Å². The largest absolute Gasteiger partial charge is 0.326 e. The van der Waals surface area contributed by atoms with Crippen molar-refractivity contribution in [3.8, 4) is 0 Å². The van der Waals surface area contributed by atoms with E-state index in [1.807, 2.05) is 6.92 Å². The van der Waals surface area contributed by atoms with E-state index in [4.69, 9.17) is 23.2 Å². The van der Waals surface area contributed by atoms with Crippen molar-refractivity contribution in [1.29, 1.82) is 0 Å². The summed E-state index contributed by atoms with van der Waals surface area (Å²) < 4.78 is 0. The first kappa shape index (κ1) is 16.5. The molecule has 22 heavy (non-hydrogen) atoms. The summed E-state index contributed by atoms with van der Waals surface area (Å²) in [7, 11) is 0. The second-order valence-corrected chi connectivity index (χ2v) is 5.81. The van der Waals surface area contributed by atoms with Crippen molar-refractivity contribution in [2.75, 3.05) is 5.32 Å². The number of anilines is 1. The molecule has 0 aromatic heterocycles. The molecule has 1 N–H and O–H groups in total. The van der Waals surface area contributed by atoms with Crippen LogP contribution < -0.4 is 5.32 Å². The second-order valence-electron chi connectivity index (χ2n) is 4.94. The molecule has 0 atom stereocenters. The minimum absolute atomic E-state index is 0.0837. The van der Waals surface area contributed by atoms with E-state index in [0.717, 1.165) is 5.56 Å². The number of carbonyl (C=O) groups excluding carboxylic acids is 2. The minimum atomic E-state index is -0.201. The number of halogens is 2. The van der Waals surface area contributed by atoms with Crippen LogP contribution in [0.15, 0.2) is 42.5 Å². The third-order valence-electron chi connectivity index (χ3n) is 3.21. The van der Waals surface area contributed by atoms with Gasteiger partial charge in [0.1, 0.15) is 0 Å². The van der Waals surface area contributed by atoms with Crippen LogP contribution in [0.25, 0.3) is 0 Å². The molecule has 0 heterocycles. The van der Waals surface area contributed by atoms with Gasteiger partial charge in [-0.25, -0.2) is 0 Å². The molecule has 0 saturated heterocycles. The standard InChI is InChI=1S/C17H15Cl2NO2/c1-11-10-14(19)6-7-15(11)20-17(22)9-8-16(21)12-2-4-13(18)5-3-12/h2-7,10H,8-9H2,1H3,(H,20,22). The van der Waals surface area contributed by atoms with Gasteiger partial charge in [0.25, 0.3) is 0 Å². The molecule has 0 bridgehead atoms. The number of nitrogens with one attached hydrogen (secondary N) is 1. The first-order chi connectivity index (χ1) is 10.5. The van der Waals surface area contributed by atoms with Gasteiger partial charge in [0, 0.05) is 34.1 Å². The van der Waals surface area contributed by atoms with Crippen LogP contribution in [0, 0.1) is 6.92 Å². The maximum Gasteiger partial charge on any atom is 0.224 e. The van der Waals surface area contributed by atoms with Gasteiger partial charge in [-0.3, -0.25) is 9.59 Å². The Bertz CT molecular complexity index is 696. The smallest absolute Gasteiger partial charge is 0.224 e. The number of hydrogen-bond acceptors (Lipinski definition) is 2. The molecule has 2 rings (SSSR count). The van der Waals surface area contributed by atoms with E-state index in [1.54, 1.807) is 42.5 Å². The molecular formula is C17H15Cl2NO2. The SMILES string of the molecule is Cc1cc(Cl)ccc1NC(=O)CCC(=O)c1ccc(Cl)cc1. The molecule has 2 aromatic carbocycles. The summed E-state index contributed by atoms with van der Waals surface area (Å²) in [4.78, 5) is 23.9. The van der Waals surface area contributed by atoms with Gasteiger partial charge in [-0.05, 0) is 55.0 Å². The predicted molar refractivity (Wildman–Crippen MR) is 89.8 cm³/mol. The molecule has 0 unspecified atom stereocenters. The number of carbonyl (C=O) groups is 2. The summed E-state index contributed by atoms with van der Waals surface area (Å²) >= 11 is 11.6. The molecule has 3 nitrogen and oxygen atoms in total. The summed E-state index contributed by atoms with van der Waals surface area (Å²) in [6.07, 6.45) is 0.281. The lowest BCUT2D eigenvalue weighted by molar-refractivity contribution is -0.116. The van der Waals surface area contributed by atoms with Crippen LogP contribution in [0.4, 0.5) is 5.69 Å². The molecule has 0 fully saturated rings. The van der Waals surface area contributed by atoms with Gasteiger partial charge in [0.15, 0.2) is 5.78 Å². The van der Waals surface area contributed by atoms with Crippen LogP contribution >= 0.6 is 23.2 Å². The first-order valence-corrected chi connectivity index (χ1v) is 7.56. The van der Waals surface area contributed by atoms with E-state index in [0.29, 0.717) is 21.3 Å². The highest BCUT2D eigenvalue weighted by Gasteiger charge is 2.10. The Morgan fingerprint density at radius 2 is 1.59 bits per heavy atom. The van der Waals surface area contributed by atoms with E-state index in [-0.39, 0.29) is 24.5 Å². The topological polar surface area (TPSA) is 46.2 Å². The van der Waals surface area contributed by atoms with Crippen molar-refractivity contribution in [3.63, 3.8) is 0 Å². The van der Waals surface area contributed by atoms with Gasteiger partial charge in [-0.1, -0.05) is 23.2 Å². The minimum Gasteiger partial charge on any atom is -0.326 e. The van der Waals surface area contributed by atoms with Crippen molar-refractivity contribution in [3.05, 3.63) is 63.6 Å². The third-order valence-corrected chi connectivity index (χ3v) is 3.69. The molecule has 2 aromatic rings. The molecule has 0 spiro atoms. The lowest BCUT2D eigenvalue weighted by Crippen LogP contribution is -2.14. The number of aryl methyl sites for hydroxylation is 1. The summed E-state index contributed by atoms with van der Waals surface area (Å²) in [6.45, 7) is 1.86. The van der Waals surface area contributed by atoms with Crippen molar-refractivity contribution in [2.24, 2.45) is 0 Å². The van der Waals surface area contributed by atoms with Crippen molar-refractivity contribution >= 4 is 40.6 Å². The number of amides is 1. The average molecular weight is 336 g/mol. The number of benzene rings is 2. The fourth-order valence-electron chi connectivity index (χ4n) is 1.99. The van der Waals surface area contributed by atoms with Crippen LogP contribution in [0.2, 0.25) is 10.0 Å². The van der Waals surface area contributed by atoms with Gasteiger partial charge in [-0.15, -0.1) is 0 Å². The summed E-state index contributed by atoms with van der Waals surface area (Å²) in [5.74, 6) is -0.285. The van der Waals surface area contributed by atoms with Gasteiger partial charge in [0.05, 0.1) is 0 Å². The molecule has 0 saturated carbocycles. The fraction of sp³-hybridized carbons (Fsp3) is 0.176. The molecule has 5 heteroatoms. The second kappa shape index (κ2) is 7.43. The molecule has 0 aliphatic carbocycles. The number of rotatable bonds is 5. The Balaban J connectivity index is 1.89. The lowest BCUT2D eigenvalue weighted by Gasteiger charge is -2.08. The molecule has 1 amide bonds. The zero-order valence-corrected chi connectivity index (χ0v) is 13.5. The number of hydrogen-bond donors (Lipinski definition) is 1. The van der Waals surface area contributed by atoms with Gasteiger partial charge in [-0.2, -0.15) is 0 Å². The molecule has 114 valence electrons. The van der Waals surface area contributed by atoms with E-state index < -0.39 is 0 Å². The van der Waals surface area contributed by atoms with Crippen LogP contribution in [-0.2, 0) is 4.79 Å². The third kappa shape index (κ3) is 4.58. The first-order valence-electron chi connectivity index (χ1n) is 6.80. The van der Waals surface area contributed by atoms with Crippen molar-refractivity contribution in [2.45, 2.75) is 19.8 Å². The highest BCUT2D eigenvalue weighted by Crippen LogP contribution is 2.20. The Hall–Kier alpha value is -1.84. The normalized spacial score (nSPS) is 10.3. The number of ketones is 1. The predicted octanol–water partition coefficient (Wildman–Crippen LogP) is 4.90. The summed E-state index contributed by atoms with van der Waals surface area (Å²) in [5, 5.41) is 3.98. The molecule has 0 aliphatic heterocycles. The monoisotopic (exact) mass is 335 g/mol. The quantitative estimate of drug-likeness (QED) is 0.789. The van der Waals surface area contributed by atoms with Gasteiger partial charge in [0.2, 0.25) is 5.91 Å². The van der Waals surface area contributed by atoms with E-state index >= 15 is 0 Å². The maximum absolute atomic E-state index is 12.0. The van der Waals surface area contributed by atoms with E-state index in [1.165, 1.54) is 0 Å². The Kier molecular flexibility index (Phi) is 5.58. The van der Waals surface area contributed by atoms with Gasteiger partial charge < -0.3 is 5.32 Å². The van der Waals surface area contributed by atoms with E-state index in [2.05, 4.69) is 5.32 Å². The van der Waals surface area contributed by atoms with Crippen molar-refractivity contribution < 1.29 is 9.59 Å². The zero-order valence-electron chi connectivity index (χ0n) is 12.0. The molecule has 0 radical (unpaired) electrons. The maximum atomic E-state index is 12.0. The van der Waals surface area contributed by atoms with Crippen LogP contribution in [0.5, 0.6) is 0 Å². The molecule has 0 aliphatic rings. The highest BCUT2D eigenvalue weighted by molar-refractivity contribution is 6.31. The Morgan fingerprint density at radius 3 is 2.23 bits per heavy atom. The van der Waals surface area contributed by atoms with Crippen LogP contribution in [0.1, 0.15) is 28.8 Å².